The standard InChI is InChI=1S/C15H26N2O4/c1-11-6-8-17(13(10-11)14(19)20)15(21)16(7-3-9-18)12-4-2-5-12/h11-13,18H,2-10H2,1H3,(H,19,20). The minimum absolute atomic E-state index is 0.0515. The van der Waals surface area contributed by atoms with Crippen molar-refractivity contribution < 1.29 is 19.8 Å². The zero-order chi connectivity index (χ0) is 15.4. The average Bonchev–Trinajstić information content (AvgIpc) is 2.40. The Balaban J connectivity index is 2.07. The van der Waals surface area contributed by atoms with Crippen LogP contribution in [0.5, 0.6) is 0 Å². The van der Waals surface area contributed by atoms with Gasteiger partial charge in [-0.1, -0.05) is 6.92 Å². The number of urea groups is 1. The molecule has 0 bridgehead atoms. The van der Waals surface area contributed by atoms with Gasteiger partial charge in [0, 0.05) is 25.7 Å². The van der Waals surface area contributed by atoms with Gasteiger partial charge in [0.25, 0.3) is 0 Å². The molecule has 1 saturated carbocycles. The fraction of sp³-hybridized carbons (Fsp3) is 0.867. The van der Waals surface area contributed by atoms with Crippen molar-refractivity contribution in [1.82, 2.24) is 9.80 Å². The van der Waals surface area contributed by atoms with Gasteiger partial charge in [-0.25, -0.2) is 9.59 Å². The Morgan fingerprint density at radius 3 is 2.52 bits per heavy atom. The van der Waals surface area contributed by atoms with Crippen molar-refractivity contribution in [3.8, 4) is 0 Å². The highest BCUT2D eigenvalue weighted by Crippen LogP contribution is 2.29. The van der Waals surface area contributed by atoms with Gasteiger partial charge in [-0.2, -0.15) is 0 Å². The van der Waals surface area contributed by atoms with Gasteiger partial charge < -0.3 is 20.0 Å². The number of likely N-dealkylation sites (tertiary alicyclic amines) is 1. The number of carbonyl (C=O) groups is 2. The van der Waals surface area contributed by atoms with Crippen LogP contribution in [-0.4, -0.2) is 63.8 Å². The molecule has 2 N–H and O–H groups in total. The molecule has 21 heavy (non-hydrogen) atoms. The SMILES string of the molecule is CC1CCN(C(=O)N(CCCO)C2CCC2)C(C(=O)O)C1. The molecule has 2 amide bonds. The monoisotopic (exact) mass is 298 g/mol. The van der Waals surface area contributed by atoms with Gasteiger partial charge >= 0.3 is 12.0 Å². The first-order valence-corrected chi connectivity index (χ1v) is 7.95. The summed E-state index contributed by atoms with van der Waals surface area (Å²) in [6.45, 7) is 3.11. The number of aliphatic carboxylic acids is 1. The number of amides is 2. The van der Waals surface area contributed by atoms with Crippen LogP contribution in [0.3, 0.4) is 0 Å². The molecule has 1 saturated heterocycles. The number of carbonyl (C=O) groups excluding carboxylic acids is 1. The van der Waals surface area contributed by atoms with E-state index in [1.807, 2.05) is 6.92 Å². The zero-order valence-electron chi connectivity index (χ0n) is 12.7. The van der Waals surface area contributed by atoms with Gasteiger partial charge in [0.1, 0.15) is 6.04 Å². The maximum atomic E-state index is 12.8. The van der Waals surface area contributed by atoms with Crippen molar-refractivity contribution >= 4 is 12.0 Å². The molecule has 0 aromatic carbocycles. The Morgan fingerprint density at radius 1 is 1.29 bits per heavy atom. The Morgan fingerprint density at radius 2 is 2.00 bits per heavy atom. The summed E-state index contributed by atoms with van der Waals surface area (Å²) in [5, 5.41) is 18.4. The van der Waals surface area contributed by atoms with E-state index in [1.165, 1.54) is 4.90 Å². The Bertz CT molecular complexity index is 384. The Labute approximate surface area is 125 Å². The quantitative estimate of drug-likeness (QED) is 0.806. The highest BCUT2D eigenvalue weighted by molar-refractivity contribution is 5.83. The summed E-state index contributed by atoms with van der Waals surface area (Å²) >= 11 is 0. The summed E-state index contributed by atoms with van der Waals surface area (Å²) in [6.07, 6.45) is 5.02. The van der Waals surface area contributed by atoms with E-state index in [1.54, 1.807) is 4.90 Å². The minimum Gasteiger partial charge on any atom is -0.480 e. The van der Waals surface area contributed by atoms with Crippen LogP contribution in [0, 0.1) is 5.92 Å². The number of piperidine rings is 1. The van der Waals surface area contributed by atoms with Crippen LogP contribution in [0.1, 0.15) is 45.4 Å². The van der Waals surface area contributed by atoms with E-state index in [2.05, 4.69) is 0 Å². The number of hydrogen-bond acceptors (Lipinski definition) is 3. The van der Waals surface area contributed by atoms with E-state index in [4.69, 9.17) is 5.11 Å². The van der Waals surface area contributed by atoms with E-state index < -0.39 is 12.0 Å². The number of aliphatic hydroxyl groups excluding tert-OH is 1. The Hall–Kier alpha value is -1.30. The van der Waals surface area contributed by atoms with Crippen molar-refractivity contribution in [2.75, 3.05) is 19.7 Å². The first-order valence-electron chi connectivity index (χ1n) is 7.95. The third-order valence-corrected chi connectivity index (χ3v) is 4.71. The van der Waals surface area contributed by atoms with Crippen LogP contribution < -0.4 is 0 Å². The second-order valence-electron chi connectivity index (χ2n) is 6.31. The lowest BCUT2D eigenvalue weighted by Crippen LogP contribution is -2.57. The highest BCUT2D eigenvalue weighted by atomic mass is 16.4. The van der Waals surface area contributed by atoms with Crippen LogP contribution in [0.25, 0.3) is 0 Å². The highest BCUT2D eigenvalue weighted by Gasteiger charge is 2.39. The van der Waals surface area contributed by atoms with Crippen LogP contribution in [0.15, 0.2) is 0 Å². The molecule has 0 aromatic rings. The van der Waals surface area contributed by atoms with Gasteiger partial charge in [0.2, 0.25) is 0 Å². The second-order valence-corrected chi connectivity index (χ2v) is 6.31. The Kier molecular flexibility index (Phi) is 5.45. The predicted octanol–water partition coefficient (Wildman–Crippen LogP) is 1.53. The molecule has 0 radical (unpaired) electrons. The number of hydrogen-bond donors (Lipinski definition) is 2. The summed E-state index contributed by atoms with van der Waals surface area (Å²) in [4.78, 5) is 27.5. The molecule has 2 fully saturated rings. The second kappa shape index (κ2) is 7.11. The molecule has 6 heteroatoms. The number of nitrogens with zero attached hydrogens (tertiary/aromatic N) is 2. The molecular formula is C15H26N2O4. The van der Waals surface area contributed by atoms with Gasteiger partial charge in [0.15, 0.2) is 0 Å². The van der Waals surface area contributed by atoms with Crippen LogP contribution in [0.4, 0.5) is 4.79 Å². The minimum atomic E-state index is -0.911. The van der Waals surface area contributed by atoms with Crippen molar-refractivity contribution in [1.29, 1.82) is 0 Å². The number of carboxylic acid groups (broad SMARTS) is 1. The lowest BCUT2D eigenvalue weighted by molar-refractivity contribution is -0.144. The van der Waals surface area contributed by atoms with Crippen LogP contribution in [0.2, 0.25) is 0 Å². The van der Waals surface area contributed by atoms with Gasteiger partial charge in [-0.3, -0.25) is 0 Å². The van der Waals surface area contributed by atoms with Gasteiger partial charge in [0.05, 0.1) is 0 Å². The van der Waals surface area contributed by atoms with Crippen LogP contribution in [-0.2, 0) is 4.79 Å². The first-order chi connectivity index (χ1) is 10.0. The fourth-order valence-electron chi connectivity index (χ4n) is 3.14. The predicted molar refractivity (Wildman–Crippen MR) is 78.0 cm³/mol. The van der Waals surface area contributed by atoms with Crippen LogP contribution >= 0.6 is 0 Å². The van der Waals surface area contributed by atoms with Gasteiger partial charge in [-0.15, -0.1) is 0 Å². The van der Waals surface area contributed by atoms with Crippen molar-refractivity contribution in [3.63, 3.8) is 0 Å². The molecule has 1 aliphatic heterocycles. The third kappa shape index (κ3) is 3.67. The molecule has 2 atom stereocenters. The summed E-state index contributed by atoms with van der Waals surface area (Å²) in [7, 11) is 0. The summed E-state index contributed by atoms with van der Waals surface area (Å²) in [5.74, 6) is -0.574. The van der Waals surface area contributed by atoms with E-state index in [9.17, 15) is 14.7 Å². The molecule has 2 unspecified atom stereocenters. The molecule has 6 nitrogen and oxygen atoms in total. The topological polar surface area (TPSA) is 81.1 Å². The summed E-state index contributed by atoms with van der Waals surface area (Å²) in [6, 6.07) is -0.650. The van der Waals surface area contributed by atoms with E-state index in [0.29, 0.717) is 31.8 Å². The molecule has 120 valence electrons. The van der Waals surface area contributed by atoms with E-state index >= 15 is 0 Å². The maximum absolute atomic E-state index is 12.8. The molecular weight excluding hydrogens is 272 g/mol. The lowest BCUT2D eigenvalue weighted by atomic mass is 9.90. The van der Waals surface area contributed by atoms with Crippen molar-refractivity contribution in [2.24, 2.45) is 5.92 Å². The third-order valence-electron chi connectivity index (χ3n) is 4.71. The number of carboxylic acids is 1. The molecule has 0 aromatic heterocycles. The number of rotatable bonds is 5. The fourth-order valence-corrected chi connectivity index (χ4v) is 3.14. The van der Waals surface area contributed by atoms with E-state index in [-0.39, 0.29) is 18.7 Å². The van der Waals surface area contributed by atoms with Gasteiger partial charge in [-0.05, 0) is 44.4 Å². The molecule has 1 heterocycles. The molecule has 1 aliphatic carbocycles. The van der Waals surface area contributed by atoms with E-state index in [0.717, 1.165) is 25.7 Å². The number of aliphatic hydroxyl groups is 1. The zero-order valence-corrected chi connectivity index (χ0v) is 12.7. The van der Waals surface area contributed by atoms with Crippen molar-refractivity contribution in [2.45, 2.75) is 57.5 Å². The molecule has 0 spiro atoms. The largest absolute Gasteiger partial charge is 0.480 e. The summed E-state index contributed by atoms with van der Waals surface area (Å²) < 4.78 is 0. The molecule has 2 aliphatic rings. The molecule has 2 rings (SSSR count). The van der Waals surface area contributed by atoms with Crippen molar-refractivity contribution in [3.05, 3.63) is 0 Å². The maximum Gasteiger partial charge on any atom is 0.326 e. The normalized spacial score (nSPS) is 26.3. The summed E-state index contributed by atoms with van der Waals surface area (Å²) in [5.41, 5.74) is 0. The lowest BCUT2D eigenvalue weighted by Gasteiger charge is -2.44. The smallest absolute Gasteiger partial charge is 0.326 e. The first kappa shape index (κ1) is 16.1. The average molecular weight is 298 g/mol.